The number of benzene rings is 3. The van der Waals surface area contributed by atoms with E-state index in [1.54, 1.807) is 0 Å². The van der Waals surface area contributed by atoms with Gasteiger partial charge in [0.2, 0.25) is 11.0 Å². The SMILES string of the molecule is O=C(CN(Cc1ccccc1)c1nc(Cc2ccccc2)ns1)NC1CCN(Cc2ccccc2)CC1. The Balaban J connectivity index is 1.18. The number of hydrogen-bond donors (Lipinski definition) is 1. The molecular formula is C30H33N5OS. The van der Waals surface area contributed by atoms with Crippen LogP contribution in [0.15, 0.2) is 91.0 Å². The summed E-state index contributed by atoms with van der Waals surface area (Å²) in [5.74, 6) is 0.827. The maximum Gasteiger partial charge on any atom is 0.239 e. The van der Waals surface area contributed by atoms with Crippen molar-refractivity contribution in [3.05, 3.63) is 114 Å². The average molecular weight is 512 g/mol. The van der Waals surface area contributed by atoms with Crippen molar-refractivity contribution in [2.24, 2.45) is 0 Å². The summed E-state index contributed by atoms with van der Waals surface area (Å²) in [5, 5.41) is 4.07. The Hall–Kier alpha value is -3.55. The van der Waals surface area contributed by atoms with Crippen LogP contribution in [0, 0.1) is 0 Å². The van der Waals surface area contributed by atoms with Crippen molar-refractivity contribution in [3.8, 4) is 0 Å². The summed E-state index contributed by atoms with van der Waals surface area (Å²) in [7, 11) is 0. The molecule has 1 aromatic heterocycles. The number of hydrogen-bond acceptors (Lipinski definition) is 6. The minimum atomic E-state index is 0.0391. The van der Waals surface area contributed by atoms with Gasteiger partial charge in [-0.1, -0.05) is 91.0 Å². The molecule has 1 saturated heterocycles. The Morgan fingerprint density at radius 1 is 0.865 bits per heavy atom. The van der Waals surface area contributed by atoms with E-state index in [-0.39, 0.29) is 18.5 Å². The predicted octanol–water partition coefficient (Wildman–Crippen LogP) is 4.92. The third-order valence-corrected chi connectivity index (χ3v) is 7.50. The Labute approximate surface area is 223 Å². The molecule has 7 heteroatoms. The van der Waals surface area contributed by atoms with Gasteiger partial charge >= 0.3 is 0 Å². The summed E-state index contributed by atoms with van der Waals surface area (Å²) in [6, 6.07) is 31.3. The number of nitrogens with zero attached hydrogens (tertiary/aromatic N) is 4. The van der Waals surface area contributed by atoms with E-state index in [0.29, 0.717) is 13.0 Å². The van der Waals surface area contributed by atoms with Gasteiger partial charge in [0.25, 0.3) is 0 Å². The van der Waals surface area contributed by atoms with Gasteiger partial charge in [0.05, 0.1) is 6.54 Å². The van der Waals surface area contributed by atoms with Gasteiger partial charge in [-0.15, -0.1) is 0 Å². The maximum absolute atomic E-state index is 13.1. The minimum absolute atomic E-state index is 0.0391. The van der Waals surface area contributed by atoms with Crippen molar-refractivity contribution in [1.29, 1.82) is 0 Å². The van der Waals surface area contributed by atoms with Crippen LogP contribution in [-0.4, -0.2) is 45.8 Å². The Bertz CT molecular complexity index is 1240. The molecule has 4 aromatic rings. The second kappa shape index (κ2) is 12.6. The molecule has 5 rings (SSSR count). The lowest BCUT2D eigenvalue weighted by atomic mass is 10.0. The molecule has 190 valence electrons. The number of aromatic nitrogens is 2. The van der Waals surface area contributed by atoms with Gasteiger partial charge in [0.15, 0.2) is 0 Å². The number of amides is 1. The fourth-order valence-electron chi connectivity index (χ4n) is 4.74. The van der Waals surface area contributed by atoms with Crippen molar-refractivity contribution in [1.82, 2.24) is 19.6 Å². The zero-order chi connectivity index (χ0) is 25.3. The van der Waals surface area contributed by atoms with E-state index in [2.05, 4.69) is 69.2 Å². The molecule has 0 radical (unpaired) electrons. The second-order valence-corrected chi connectivity index (χ2v) is 10.3. The van der Waals surface area contributed by atoms with Crippen LogP contribution in [0.1, 0.15) is 35.4 Å². The zero-order valence-electron chi connectivity index (χ0n) is 21.0. The lowest BCUT2D eigenvalue weighted by Crippen LogP contribution is -2.47. The molecule has 1 fully saturated rings. The molecule has 37 heavy (non-hydrogen) atoms. The number of likely N-dealkylation sites (tertiary alicyclic amines) is 1. The molecule has 1 amide bonds. The third-order valence-electron chi connectivity index (χ3n) is 6.69. The van der Waals surface area contributed by atoms with Crippen LogP contribution in [0.2, 0.25) is 0 Å². The number of nitrogens with one attached hydrogen (secondary N) is 1. The van der Waals surface area contributed by atoms with E-state index >= 15 is 0 Å². The molecule has 0 unspecified atom stereocenters. The molecule has 6 nitrogen and oxygen atoms in total. The molecule has 2 heterocycles. The van der Waals surface area contributed by atoms with E-state index in [9.17, 15) is 4.79 Å². The number of rotatable bonds is 10. The maximum atomic E-state index is 13.1. The Kier molecular flexibility index (Phi) is 8.56. The van der Waals surface area contributed by atoms with Gasteiger partial charge in [-0.2, -0.15) is 4.37 Å². The first-order valence-electron chi connectivity index (χ1n) is 12.9. The van der Waals surface area contributed by atoms with Crippen LogP contribution >= 0.6 is 11.5 Å². The molecule has 0 aliphatic carbocycles. The van der Waals surface area contributed by atoms with Crippen molar-refractivity contribution in [3.63, 3.8) is 0 Å². The van der Waals surface area contributed by atoms with E-state index < -0.39 is 0 Å². The van der Waals surface area contributed by atoms with E-state index in [1.807, 2.05) is 41.3 Å². The second-order valence-electron chi connectivity index (χ2n) is 9.60. The van der Waals surface area contributed by atoms with Crippen molar-refractivity contribution in [2.45, 2.75) is 38.4 Å². The van der Waals surface area contributed by atoms with Gasteiger partial charge in [0.1, 0.15) is 5.82 Å². The molecule has 0 spiro atoms. The van der Waals surface area contributed by atoms with Gasteiger partial charge < -0.3 is 10.2 Å². The van der Waals surface area contributed by atoms with Crippen molar-refractivity contribution >= 4 is 22.6 Å². The first kappa shape index (κ1) is 25.1. The molecule has 1 aliphatic heterocycles. The summed E-state index contributed by atoms with van der Waals surface area (Å²) in [6.45, 7) is 3.83. The molecular weight excluding hydrogens is 478 g/mol. The van der Waals surface area contributed by atoms with E-state index in [0.717, 1.165) is 49.0 Å². The normalized spacial score (nSPS) is 14.4. The highest BCUT2D eigenvalue weighted by atomic mass is 32.1. The molecule has 1 N–H and O–H groups in total. The molecule has 1 aliphatic rings. The summed E-state index contributed by atoms with van der Waals surface area (Å²) < 4.78 is 4.59. The van der Waals surface area contributed by atoms with E-state index in [4.69, 9.17) is 4.98 Å². The first-order chi connectivity index (χ1) is 18.2. The third kappa shape index (κ3) is 7.47. The monoisotopic (exact) mass is 511 g/mol. The van der Waals surface area contributed by atoms with Crippen LogP contribution in [0.3, 0.4) is 0 Å². The highest BCUT2D eigenvalue weighted by Gasteiger charge is 2.23. The van der Waals surface area contributed by atoms with Crippen molar-refractivity contribution < 1.29 is 4.79 Å². The molecule has 0 atom stereocenters. The Morgan fingerprint density at radius 2 is 1.46 bits per heavy atom. The van der Waals surface area contributed by atoms with Crippen LogP contribution in [0.5, 0.6) is 0 Å². The lowest BCUT2D eigenvalue weighted by molar-refractivity contribution is -0.120. The smallest absolute Gasteiger partial charge is 0.239 e. The quantitative estimate of drug-likeness (QED) is 0.328. The van der Waals surface area contributed by atoms with Gasteiger partial charge in [-0.3, -0.25) is 9.69 Å². The minimum Gasteiger partial charge on any atom is -0.352 e. The number of carbonyl (C=O) groups is 1. The van der Waals surface area contributed by atoms with Gasteiger partial charge in [0, 0.05) is 50.2 Å². The largest absolute Gasteiger partial charge is 0.352 e. The van der Waals surface area contributed by atoms with Crippen LogP contribution in [0.25, 0.3) is 0 Å². The van der Waals surface area contributed by atoms with Crippen LogP contribution in [-0.2, 0) is 24.3 Å². The summed E-state index contributed by atoms with van der Waals surface area (Å²) in [4.78, 5) is 22.5. The highest BCUT2D eigenvalue weighted by molar-refractivity contribution is 7.09. The first-order valence-corrected chi connectivity index (χ1v) is 13.7. The highest BCUT2D eigenvalue weighted by Crippen LogP contribution is 2.22. The summed E-state index contributed by atoms with van der Waals surface area (Å²) in [6.07, 6.45) is 2.62. The van der Waals surface area contributed by atoms with Crippen molar-refractivity contribution in [2.75, 3.05) is 24.5 Å². The summed E-state index contributed by atoms with van der Waals surface area (Å²) in [5.41, 5.74) is 3.66. The Morgan fingerprint density at radius 3 is 2.11 bits per heavy atom. The average Bonchev–Trinajstić information content (AvgIpc) is 3.40. The van der Waals surface area contributed by atoms with Crippen LogP contribution in [0.4, 0.5) is 5.13 Å². The predicted molar refractivity (Wildman–Crippen MR) is 150 cm³/mol. The van der Waals surface area contributed by atoms with Gasteiger partial charge in [-0.25, -0.2) is 4.98 Å². The number of carbonyl (C=O) groups excluding carboxylic acids is 1. The standard InChI is InChI=1S/C30H33N5OS/c36-29(31-27-16-18-34(19-17-27)21-25-12-6-2-7-13-25)23-35(22-26-14-8-3-9-15-26)30-32-28(33-37-30)20-24-10-4-1-5-11-24/h1-15,27H,16-23H2,(H,31,36). The zero-order valence-corrected chi connectivity index (χ0v) is 21.8. The number of anilines is 1. The molecule has 0 saturated carbocycles. The molecule has 3 aromatic carbocycles. The van der Waals surface area contributed by atoms with Crippen LogP contribution < -0.4 is 10.2 Å². The fraction of sp³-hybridized carbons (Fsp3) is 0.300. The molecule has 0 bridgehead atoms. The summed E-state index contributed by atoms with van der Waals surface area (Å²) >= 11 is 1.36. The van der Waals surface area contributed by atoms with E-state index in [1.165, 1.54) is 22.7 Å². The number of piperidine rings is 1. The topological polar surface area (TPSA) is 61.4 Å². The fourth-order valence-corrected chi connectivity index (χ4v) is 5.43. The van der Waals surface area contributed by atoms with Gasteiger partial charge in [-0.05, 0) is 29.5 Å². The lowest BCUT2D eigenvalue weighted by Gasteiger charge is -2.33.